The Morgan fingerprint density at radius 1 is 0.963 bits per heavy atom. The molecule has 0 fully saturated rings. The molecule has 0 spiro atoms. The maximum absolute atomic E-state index is 12.1. The number of carbonyl (C=O) groups is 1. The van der Waals surface area contributed by atoms with E-state index in [-0.39, 0.29) is 12.7 Å². The number of hydrogen-bond acceptors (Lipinski definition) is 5. The quantitative estimate of drug-likeness (QED) is 0.702. The molecule has 27 heavy (non-hydrogen) atoms. The van der Waals surface area contributed by atoms with Crippen molar-refractivity contribution in [3.05, 3.63) is 78.0 Å². The summed E-state index contributed by atoms with van der Waals surface area (Å²) in [4.78, 5) is 16.4. The summed E-state index contributed by atoms with van der Waals surface area (Å²) in [5, 5.41) is 6.11. The number of amides is 1. The normalized spacial score (nSPS) is 11.9. The maximum Gasteiger partial charge on any atom is 0.231 e. The average Bonchev–Trinajstić information content (AvgIpc) is 3.16. The van der Waals surface area contributed by atoms with E-state index in [9.17, 15) is 4.79 Å². The smallest absolute Gasteiger partial charge is 0.231 e. The van der Waals surface area contributed by atoms with Crippen LogP contribution in [0.5, 0.6) is 11.5 Å². The van der Waals surface area contributed by atoms with Gasteiger partial charge in [-0.25, -0.2) is 4.98 Å². The number of carbonyl (C=O) groups excluding carboxylic acids is 1. The zero-order valence-electron chi connectivity index (χ0n) is 14.6. The van der Waals surface area contributed by atoms with Crippen LogP contribution in [0.4, 0.5) is 11.5 Å². The standard InChI is InChI=1S/C21H19N3O3/c25-21(11-15-4-2-1-3-5-15)24-20-9-7-17(13-23-20)22-12-16-6-8-18-19(10-16)27-14-26-18/h1-10,13,22H,11-12,14H2,(H,23,24,25). The summed E-state index contributed by atoms with van der Waals surface area (Å²) in [6.45, 7) is 0.908. The fraction of sp³-hybridized carbons (Fsp3) is 0.143. The van der Waals surface area contributed by atoms with Gasteiger partial charge < -0.3 is 20.1 Å². The van der Waals surface area contributed by atoms with Crippen molar-refractivity contribution < 1.29 is 14.3 Å². The molecule has 1 aliphatic rings. The summed E-state index contributed by atoms with van der Waals surface area (Å²) in [5.74, 6) is 1.99. The molecule has 1 amide bonds. The topological polar surface area (TPSA) is 72.5 Å². The van der Waals surface area contributed by atoms with Gasteiger partial charge in [0.2, 0.25) is 12.7 Å². The van der Waals surface area contributed by atoms with Crippen LogP contribution in [0.2, 0.25) is 0 Å². The van der Waals surface area contributed by atoms with Crippen molar-refractivity contribution in [2.75, 3.05) is 17.4 Å². The van der Waals surface area contributed by atoms with Gasteiger partial charge in [0.1, 0.15) is 5.82 Å². The number of pyridine rings is 1. The van der Waals surface area contributed by atoms with Crippen molar-refractivity contribution in [3.63, 3.8) is 0 Å². The molecule has 6 heteroatoms. The predicted molar refractivity (Wildman–Crippen MR) is 103 cm³/mol. The van der Waals surface area contributed by atoms with Crippen molar-refractivity contribution in [1.29, 1.82) is 0 Å². The fourth-order valence-corrected chi connectivity index (χ4v) is 2.80. The van der Waals surface area contributed by atoms with Crippen molar-refractivity contribution in [2.24, 2.45) is 0 Å². The van der Waals surface area contributed by atoms with Crippen LogP contribution in [0, 0.1) is 0 Å². The Labute approximate surface area is 157 Å². The zero-order chi connectivity index (χ0) is 18.5. The number of fused-ring (bicyclic) bond motifs is 1. The van der Waals surface area contributed by atoms with Crippen LogP contribution in [0.25, 0.3) is 0 Å². The first kappa shape index (κ1) is 16.9. The lowest BCUT2D eigenvalue weighted by Crippen LogP contribution is -2.15. The molecule has 4 rings (SSSR count). The van der Waals surface area contributed by atoms with Gasteiger partial charge in [0.15, 0.2) is 11.5 Å². The number of aromatic nitrogens is 1. The van der Waals surface area contributed by atoms with Crippen molar-refractivity contribution >= 4 is 17.4 Å². The Hall–Kier alpha value is -3.54. The van der Waals surface area contributed by atoms with Gasteiger partial charge in [0.25, 0.3) is 0 Å². The lowest BCUT2D eigenvalue weighted by atomic mass is 10.1. The predicted octanol–water partition coefficient (Wildman–Crippen LogP) is 3.60. The van der Waals surface area contributed by atoms with Crippen molar-refractivity contribution in [3.8, 4) is 11.5 Å². The second-order valence-corrected chi connectivity index (χ2v) is 6.18. The summed E-state index contributed by atoms with van der Waals surface area (Å²) in [7, 11) is 0. The Kier molecular flexibility index (Phi) is 4.87. The first-order valence-corrected chi connectivity index (χ1v) is 8.68. The molecule has 0 bridgehead atoms. The Bertz CT molecular complexity index is 927. The van der Waals surface area contributed by atoms with Crippen molar-refractivity contribution in [1.82, 2.24) is 4.98 Å². The van der Waals surface area contributed by atoms with E-state index in [1.165, 1.54) is 0 Å². The number of rotatable bonds is 6. The van der Waals surface area contributed by atoms with Crippen LogP contribution in [0.1, 0.15) is 11.1 Å². The molecule has 2 heterocycles. The van der Waals surface area contributed by atoms with E-state index in [2.05, 4.69) is 15.6 Å². The van der Waals surface area contributed by atoms with Crippen LogP contribution in [0.15, 0.2) is 66.9 Å². The number of nitrogens with zero attached hydrogens (tertiary/aromatic N) is 1. The van der Waals surface area contributed by atoms with Gasteiger partial charge >= 0.3 is 0 Å². The minimum absolute atomic E-state index is 0.0882. The molecule has 0 radical (unpaired) electrons. The lowest BCUT2D eigenvalue weighted by molar-refractivity contribution is -0.115. The van der Waals surface area contributed by atoms with E-state index in [0.29, 0.717) is 18.8 Å². The molecule has 6 nitrogen and oxygen atoms in total. The van der Waals surface area contributed by atoms with Crippen molar-refractivity contribution in [2.45, 2.75) is 13.0 Å². The van der Waals surface area contributed by atoms with Gasteiger partial charge in [-0.15, -0.1) is 0 Å². The summed E-state index contributed by atoms with van der Waals surface area (Å²) in [6.07, 6.45) is 2.03. The molecule has 0 saturated heterocycles. The number of anilines is 2. The minimum Gasteiger partial charge on any atom is -0.454 e. The first-order chi connectivity index (χ1) is 13.3. The largest absolute Gasteiger partial charge is 0.454 e. The average molecular weight is 361 g/mol. The van der Waals surface area contributed by atoms with Crippen LogP contribution in [-0.2, 0) is 17.8 Å². The molecular formula is C21H19N3O3. The molecule has 0 atom stereocenters. The SMILES string of the molecule is O=C(Cc1ccccc1)Nc1ccc(NCc2ccc3c(c2)OCO3)cn1. The third kappa shape index (κ3) is 4.36. The minimum atomic E-state index is -0.0882. The van der Waals surface area contributed by atoms with E-state index in [0.717, 1.165) is 28.3 Å². The lowest BCUT2D eigenvalue weighted by Gasteiger charge is -2.09. The molecule has 0 saturated carbocycles. The van der Waals surface area contributed by atoms with Crippen LogP contribution < -0.4 is 20.1 Å². The summed E-state index contributed by atoms with van der Waals surface area (Å²) < 4.78 is 10.7. The Balaban J connectivity index is 1.30. The number of hydrogen-bond donors (Lipinski definition) is 2. The first-order valence-electron chi connectivity index (χ1n) is 8.68. The van der Waals surface area contributed by atoms with Gasteiger partial charge in [-0.05, 0) is 35.4 Å². The van der Waals surface area contributed by atoms with Gasteiger partial charge in [-0.3, -0.25) is 4.79 Å². The molecule has 1 aliphatic heterocycles. The summed E-state index contributed by atoms with van der Waals surface area (Å²) in [5.41, 5.74) is 2.92. The van der Waals surface area contributed by atoms with E-state index in [1.54, 1.807) is 12.3 Å². The van der Waals surface area contributed by atoms with E-state index < -0.39 is 0 Å². The number of ether oxygens (including phenoxy) is 2. The molecule has 136 valence electrons. The highest BCUT2D eigenvalue weighted by Gasteiger charge is 2.13. The van der Waals surface area contributed by atoms with E-state index >= 15 is 0 Å². The molecule has 2 N–H and O–H groups in total. The Morgan fingerprint density at radius 2 is 1.81 bits per heavy atom. The highest BCUT2D eigenvalue weighted by molar-refractivity contribution is 5.91. The summed E-state index contributed by atoms with van der Waals surface area (Å²) in [6, 6.07) is 19.1. The monoisotopic (exact) mass is 361 g/mol. The number of benzene rings is 2. The van der Waals surface area contributed by atoms with Crippen LogP contribution in [-0.4, -0.2) is 17.7 Å². The van der Waals surface area contributed by atoms with Gasteiger partial charge in [0, 0.05) is 6.54 Å². The molecule has 3 aromatic rings. The van der Waals surface area contributed by atoms with Crippen LogP contribution >= 0.6 is 0 Å². The highest BCUT2D eigenvalue weighted by atomic mass is 16.7. The third-order valence-corrected chi connectivity index (χ3v) is 4.17. The van der Waals surface area contributed by atoms with Gasteiger partial charge in [-0.1, -0.05) is 36.4 Å². The van der Waals surface area contributed by atoms with Crippen LogP contribution in [0.3, 0.4) is 0 Å². The van der Waals surface area contributed by atoms with Gasteiger partial charge in [-0.2, -0.15) is 0 Å². The highest BCUT2D eigenvalue weighted by Crippen LogP contribution is 2.32. The fourth-order valence-electron chi connectivity index (χ4n) is 2.80. The molecule has 0 aliphatic carbocycles. The second kappa shape index (κ2) is 7.78. The maximum atomic E-state index is 12.1. The van der Waals surface area contributed by atoms with E-state index in [1.807, 2.05) is 54.6 Å². The molecule has 2 aromatic carbocycles. The second-order valence-electron chi connectivity index (χ2n) is 6.18. The van der Waals surface area contributed by atoms with Gasteiger partial charge in [0.05, 0.1) is 18.3 Å². The summed E-state index contributed by atoms with van der Waals surface area (Å²) >= 11 is 0. The Morgan fingerprint density at radius 3 is 2.63 bits per heavy atom. The molecule has 0 unspecified atom stereocenters. The zero-order valence-corrected chi connectivity index (χ0v) is 14.6. The number of nitrogens with one attached hydrogen (secondary N) is 2. The molecular weight excluding hydrogens is 342 g/mol. The molecule has 1 aromatic heterocycles. The van der Waals surface area contributed by atoms with E-state index in [4.69, 9.17) is 9.47 Å². The third-order valence-electron chi connectivity index (χ3n) is 4.17.